The minimum absolute atomic E-state index is 0.0705. The molecule has 0 aliphatic carbocycles. The number of methoxy groups -OCH3 is 2. The number of unbranched alkanes of at least 4 members (excludes halogenated alkanes) is 6. The summed E-state index contributed by atoms with van der Waals surface area (Å²) in [7, 11) is -6.61. The van der Waals surface area contributed by atoms with E-state index in [2.05, 4.69) is 33.7 Å². The number of hydrogen-bond donors (Lipinski definition) is 3. The third kappa shape index (κ3) is 21.1. The van der Waals surface area contributed by atoms with Crippen LogP contribution in [0.4, 0.5) is 9.59 Å². The van der Waals surface area contributed by atoms with E-state index in [1.54, 1.807) is 0 Å². The molecule has 196 valence electrons. The molecule has 0 aliphatic rings. The highest BCUT2D eigenvalue weighted by atomic mass is 31.2. The van der Waals surface area contributed by atoms with E-state index in [0.29, 0.717) is 51.6 Å². The number of rotatable bonds is 20. The summed E-state index contributed by atoms with van der Waals surface area (Å²) in [5.74, 6) is 0. The summed E-state index contributed by atoms with van der Waals surface area (Å²) in [5, 5.41) is 5.05. The highest BCUT2D eigenvalue weighted by Crippen LogP contribution is 2.46. The van der Waals surface area contributed by atoms with Crippen molar-refractivity contribution in [3.8, 4) is 0 Å². The van der Waals surface area contributed by atoms with E-state index in [-0.39, 0.29) is 13.2 Å². The van der Waals surface area contributed by atoms with Crippen LogP contribution in [0.3, 0.4) is 0 Å². The highest BCUT2D eigenvalue weighted by molar-refractivity contribution is 7.47. The molecule has 0 fully saturated rings. The summed E-state index contributed by atoms with van der Waals surface area (Å²) in [5.41, 5.74) is 0. The third-order valence-electron chi connectivity index (χ3n) is 3.98. The van der Waals surface area contributed by atoms with Gasteiger partial charge in [-0.05, 0) is 25.7 Å². The van der Waals surface area contributed by atoms with Gasteiger partial charge < -0.3 is 34.4 Å². The van der Waals surface area contributed by atoms with E-state index < -0.39 is 34.6 Å². The highest BCUT2D eigenvalue weighted by Gasteiger charge is 2.22. The minimum atomic E-state index is -4.69. The Balaban J connectivity index is 3.71. The predicted molar refractivity (Wildman–Crippen MR) is 114 cm³/mol. The van der Waals surface area contributed by atoms with Gasteiger partial charge in [0.25, 0.3) is 7.82 Å². The van der Waals surface area contributed by atoms with Gasteiger partial charge in [0.1, 0.15) is 0 Å². The molecular weight excluding hydrogens is 486 g/mol. The van der Waals surface area contributed by atoms with Crippen molar-refractivity contribution in [3.63, 3.8) is 0 Å². The lowest BCUT2D eigenvalue weighted by Gasteiger charge is -2.23. The number of carbonyl (C=O) groups is 2. The number of phosphoric ester groups is 2. The van der Waals surface area contributed by atoms with Gasteiger partial charge >= 0.3 is 20.0 Å². The summed E-state index contributed by atoms with van der Waals surface area (Å²) in [6, 6.07) is 0. The summed E-state index contributed by atoms with van der Waals surface area (Å²) in [6.07, 6.45) is 4.16. The van der Waals surface area contributed by atoms with Crippen LogP contribution in [-0.2, 0) is 36.7 Å². The van der Waals surface area contributed by atoms with Gasteiger partial charge in [-0.3, -0.25) is 18.1 Å². The molecular formula is C17H35N2O12P2-. The van der Waals surface area contributed by atoms with Gasteiger partial charge in [-0.15, -0.1) is 0 Å². The van der Waals surface area contributed by atoms with E-state index in [0.717, 1.165) is 12.8 Å². The molecule has 0 aromatic rings. The minimum Gasteiger partial charge on any atom is -0.756 e. The Kier molecular flexibility index (Phi) is 18.4. The number of carbonyl (C=O) groups excluding carboxylic acids is 2. The lowest BCUT2D eigenvalue weighted by molar-refractivity contribution is -0.230. The van der Waals surface area contributed by atoms with Crippen LogP contribution < -0.4 is 15.5 Å². The lowest BCUT2D eigenvalue weighted by Crippen LogP contribution is -2.23. The first kappa shape index (κ1) is 31.8. The van der Waals surface area contributed by atoms with Crippen molar-refractivity contribution < 1.29 is 56.1 Å². The first-order valence-corrected chi connectivity index (χ1v) is 13.4. The maximum absolute atomic E-state index is 11.7. The number of phosphoric acid groups is 2. The average molecular weight is 521 g/mol. The SMILES string of the molecule is COC(=O)NCCCCCCOP(=O)([O-])OCOP(=O)(O)OCCCCCCNC(=O)OC. The van der Waals surface area contributed by atoms with Gasteiger partial charge in [0.2, 0.25) is 0 Å². The van der Waals surface area contributed by atoms with Crippen molar-refractivity contribution in [3.05, 3.63) is 0 Å². The molecule has 3 N–H and O–H groups in total. The molecule has 0 spiro atoms. The van der Waals surface area contributed by atoms with Gasteiger partial charge in [-0.1, -0.05) is 25.7 Å². The molecule has 0 aromatic carbocycles. The standard InChI is InChI=1S/C17H36N2O12P2/c1-26-16(20)18-11-7-3-5-9-13-28-32(22,23)30-15-31-33(24,25)29-14-10-6-4-8-12-19-17(21)27-2/h3-15H2,1-2H3,(H,18,20)(H,19,21)(H,22,23)(H,24,25)/p-1. The van der Waals surface area contributed by atoms with E-state index in [9.17, 15) is 28.5 Å². The quantitative estimate of drug-likeness (QED) is 0.121. The number of nitrogens with one attached hydrogen (secondary N) is 2. The van der Waals surface area contributed by atoms with Crippen LogP contribution in [0.25, 0.3) is 0 Å². The molecule has 33 heavy (non-hydrogen) atoms. The Bertz CT molecular complexity index is 585. The molecule has 0 saturated carbocycles. The molecule has 0 bridgehead atoms. The van der Waals surface area contributed by atoms with Gasteiger partial charge in [0.15, 0.2) is 6.79 Å². The number of hydrogen-bond acceptors (Lipinski definition) is 11. The van der Waals surface area contributed by atoms with Gasteiger partial charge in [0, 0.05) is 13.1 Å². The van der Waals surface area contributed by atoms with Gasteiger partial charge in [0.05, 0.1) is 27.4 Å². The molecule has 2 amide bonds. The molecule has 0 aliphatic heterocycles. The van der Waals surface area contributed by atoms with Crippen LogP contribution in [0.1, 0.15) is 51.4 Å². The first-order chi connectivity index (χ1) is 15.6. The van der Waals surface area contributed by atoms with Crippen LogP contribution >= 0.6 is 15.6 Å². The van der Waals surface area contributed by atoms with Crippen LogP contribution in [0, 0.1) is 0 Å². The van der Waals surface area contributed by atoms with E-state index in [1.165, 1.54) is 14.2 Å². The average Bonchev–Trinajstić information content (AvgIpc) is 2.76. The van der Waals surface area contributed by atoms with Crippen molar-refractivity contribution >= 4 is 27.8 Å². The molecule has 2 atom stereocenters. The molecule has 2 unspecified atom stereocenters. The summed E-state index contributed by atoms with van der Waals surface area (Å²) in [6.45, 7) is -0.302. The van der Waals surface area contributed by atoms with Crippen molar-refractivity contribution in [1.29, 1.82) is 0 Å². The fourth-order valence-electron chi connectivity index (χ4n) is 2.27. The van der Waals surface area contributed by atoms with Crippen LogP contribution in [0.15, 0.2) is 0 Å². The Labute approximate surface area is 193 Å². The second-order valence-electron chi connectivity index (χ2n) is 6.62. The Hall–Kier alpha value is -1.24. The second kappa shape index (κ2) is 19.1. The van der Waals surface area contributed by atoms with Crippen molar-refractivity contribution in [2.75, 3.05) is 47.3 Å². The van der Waals surface area contributed by atoms with E-state index in [4.69, 9.17) is 4.52 Å². The van der Waals surface area contributed by atoms with Gasteiger partial charge in [-0.25, -0.2) is 14.2 Å². The Morgan fingerprint density at radius 2 is 1.18 bits per heavy atom. The first-order valence-electron chi connectivity index (χ1n) is 10.5. The lowest BCUT2D eigenvalue weighted by atomic mass is 10.2. The van der Waals surface area contributed by atoms with Crippen LogP contribution in [0.5, 0.6) is 0 Å². The Morgan fingerprint density at radius 1 is 0.727 bits per heavy atom. The molecule has 16 heteroatoms. The summed E-state index contributed by atoms with van der Waals surface area (Å²) < 4.78 is 50.3. The van der Waals surface area contributed by atoms with E-state index in [1.807, 2.05) is 0 Å². The molecule has 0 saturated heterocycles. The molecule has 14 nitrogen and oxygen atoms in total. The third-order valence-corrected chi connectivity index (χ3v) is 5.84. The smallest absolute Gasteiger partial charge is 0.474 e. The molecule has 0 radical (unpaired) electrons. The van der Waals surface area contributed by atoms with Gasteiger partial charge in [-0.2, -0.15) is 0 Å². The fourth-order valence-corrected chi connectivity index (χ4v) is 3.58. The topological polar surface area (TPSA) is 191 Å². The number of alkyl carbamates (subject to hydrolysis) is 2. The maximum atomic E-state index is 11.7. The zero-order chi connectivity index (χ0) is 25.0. The van der Waals surface area contributed by atoms with Crippen LogP contribution in [0.2, 0.25) is 0 Å². The zero-order valence-corrected chi connectivity index (χ0v) is 20.8. The number of ether oxygens (including phenoxy) is 2. The number of amides is 2. The van der Waals surface area contributed by atoms with Crippen LogP contribution in [-0.4, -0.2) is 64.4 Å². The predicted octanol–water partition coefficient (Wildman–Crippen LogP) is 2.41. The Morgan fingerprint density at radius 3 is 1.67 bits per heavy atom. The van der Waals surface area contributed by atoms with E-state index >= 15 is 0 Å². The molecule has 0 rings (SSSR count). The largest absolute Gasteiger partial charge is 0.756 e. The molecule has 0 aromatic heterocycles. The fraction of sp³-hybridized carbons (Fsp3) is 0.882. The normalized spacial score (nSPS) is 14.7. The summed E-state index contributed by atoms with van der Waals surface area (Å²) >= 11 is 0. The molecule has 0 heterocycles. The maximum Gasteiger partial charge on any atom is 0.474 e. The van der Waals surface area contributed by atoms with Crippen molar-refractivity contribution in [1.82, 2.24) is 10.6 Å². The monoisotopic (exact) mass is 521 g/mol. The summed E-state index contributed by atoms with van der Waals surface area (Å²) in [4.78, 5) is 42.8. The van der Waals surface area contributed by atoms with Crippen molar-refractivity contribution in [2.24, 2.45) is 0 Å². The zero-order valence-electron chi connectivity index (χ0n) is 19.0. The van der Waals surface area contributed by atoms with Crippen molar-refractivity contribution in [2.45, 2.75) is 51.4 Å². The second-order valence-corrected chi connectivity index (χ2v) is 9.49.